The van der Waals surface area contributed by atoms with E-state index >= 15 is 0 Å². The summed E-state index contributed by atoms with van der Waals surface area (Å²) in [4.78, 5) is 9.13. The predicted octanol–water partition coefficient (Wildman–Crippen LogP) is -2.62. The van der Waals surface area contributed by atoms with Crippen molar-refractivity contribution in [1.29, 1.82) is 0 Å². The van der Waals surface area contributed by atoms with Crippen LogP contribution in [-0.4, -0.2) is 0 Å². The third-order valence-corrected chi connectivity index (χ3v) is 0.338. The molecule has 0 amide bonds. The van der Waals surface area contributed by atoms with Gasteiger partial charge in [-0.1, -0.05) is 0 Å². The second-order valence-electron chi connectivity index (χ2n) is 0.362. The monoisotopic (exact) mass is 124 g/mol. The van der Waals surface area contributed by atoms with E-state index in [4.69, 9.17) is 4.89 Å². The smallest absolute Gasteiger partial charge is 0.781 e. The summed E-state index contributed by atoms with van der Waals surface area (Å²) >= 11 is 0. The van der Waals surface area contributed by atoms with Crippen LogP contribution >= 0.6 is 8.60 Å². The van der Waals surface area contributed by atoms with Crippen molar-refractivity contribution < 1.29 is 42.3 Å². The van der Waals surface area contributed by atoms with Crippen molar-refractivity contribution in [2.75, 3.05) is 0 Å². The first kappa shape index (κ1) is 10.7. The molecule has 0 aromatic carbocycles. The van der Waals surface area contributed by atoms with Crippen LogP contribution in [0.1, 0.15) is 0 Å². The SMILES string of the molecule is [Li+].[O-]P(OF)OF. The molecule has 0 aromatic rings. The number of halogens is 2. The van der Waals surface area contributed by atoms with Gasteiger partial charge in [-0.15, -0.1) is 0 Å². The minimum atomic E-state index is -3.16. The van der Waals surface area contributed by atoms with Crippen molar-refractivity contribution in [3.8, 4) is 0 Å². The zero-order valence-corrected chi connectivity index (χ0v) is 4.32. The molecule has 0 fully saturated rings. The van der Waals surface area contributed by atoms with Crippen LogP contribution in [-0.2, 0) is 9.46 Å². The average Bonchev–Trinajstić information content (AvgIpc) is 1.65. The molecular weight excluding hydrogens is 124 g/mol. The molecule has 38 valence electrons. The summed E-state index contributed by atoms with van der Waals surface area (Å²) in [5.41, 5.74) is 0. The van der Waals surface area contributed by atoms with Crippen LogP contribution in [0.5, 0.6) is 0 Å². The Bertz CT molecular complexity index is 32.1. The van der Waals surface area contributed by atoms with Gasteiger partial charge in [-0.05, 0) is 9.05 Å². The molecular formula is F2LiO3P. The Morgan fingerprint density at radius 3 is 1.57 bits per heavy atom. The van der Waals surface area contributed by atoms with Crippen LogP contribution in [0.4, 0.5) is 9.05 Å². The van der Waals surface area contributed by atoms with E-state index in [-0.39, 0.29) is 18.9 Å². The standard InChI is InChI=1S/F2O3P.Li/c1-4-6(3)5-2;/q-1;+1. The molecule has 0 rings (SSSR count). The fourth-order valence-electron chi connectivity index (χ4n) is 0.0106. The van der Waals surface area contributed by atoms with E-state index in [1.807, 2.05) is 0 Å². The summed E-state index contributed by atoms with van der Waals surface area (Å²) in [5, 5.41) is 0. The van der Waals surface area contributed by atoms with E-state index in [2.05, 4.69) is 9.46 Å². The fraction of sp³-hybridized carbons (Fsp3) is 0. The van der Waals surface area contributed by atoms with Crippen molar-refractivity contribution in [2.24, 2.45) is 0 Å². The molecule has 0 saturated carbocycles. The van der Waals surface area contributed by atoms with Gasteiger partial charge in [0.05, 0.1) is 0 Å². The first-order valence-electron chi connectivity index (χ1n) is 0.856. The molecule has 0 aliphatic carbocycles. The summed E-state index contributed by atoms with van der Waals surface area (Å²) in [7, 11) is -3.16. The van der Waals surface area contributed by atoms with E-state index < -0.39 is 8.60 Å². The van der Waals surface area contributed by atoms with Crippen LogP contribution < -0.4 is 23.8 Å². The van der Waals surface area contributed by atoms with Gasteiger partial charge in [0.1, 0.15) is 0 Å². The largest absolute Gasteiger partial charge is 1.00 e. The molecule has 0 aliphatic heterocycles. The minimum absolute atomic E-state index is 0. The molecule has 0 unspecified atom stereocenters. The molecule has 0 N–H and O–H groups in total. The summed E-state index contributed by atoms with van der Waals surface area (Å²) in [5.74, 6) is 0. The second kappa shape index (κ2) is 6.77. The Hall–Kier alpha value is 0.767. The maximum absolute atomic E-state index is 10.2. The molecule has 0 saturated heterocycles. The normalized spacial score (nSPS) is 8.57. The summed E-state index contributed by atoms with van der Waals surface area (Å²) < 4.78 is 25.1. The average molecular weight is 124 g/mol. The molecule has 0 aliphatic rings. The van der Waals surface area contributed by atoms with E-state index in [0.29, 0.717) is 0 Å². The van der Waals surface area contributed by atoms with Crippen LogP contribution in [0.25, 0.3) is 0 Å². The molecule has 0 bridgehead atoms. The van der Waals surface area contributed by atoms with Crippen molar-refractivity contribution in [1.82, 2.24) is 0 Å². The Morgan fingerprint density at radius 2 is 1.57 bits per heavy atom. The van der Waals surface area contributed by atoms with Crippen LogP contribution in [0.3, 0.4) is 0 Å². The van der Waals surface area contributed by atoms with Gasteiger partial charge in [0.2, 0.25) is 0 Å². The van der Waals surface area contributed by atoms with Crippen molar-refractivity contribution in [2.45, 2.75) is 0 Å². The summed E-state index contributed by atoms with van der Waals surface area (Å²) in [6.45, 7) is 0. The molecule has 0 spiro atoms. The third kappa shape index (κ3) is 6.77. The predicted molar refractivity (Wildman–Crippen MR) is 11.3 cm³/mol. The van der Waals surface area contributed by atoms with Crippen LogP contribution in [0.15, 0.2) is 0 Å². The first-order chi connectivity index (χ1) is 2.81. The molecule has 7 heavy (non-hydrogen) atoms. The van der Waals surface area contributed by atoms with Crippen LogP contribution in [0.2, 0.25) is 0 Å². The maximum atomic E-state index is 10.2. The van der Waals surface area contributed by atoms with Crippen molar-refractivity contribution >= 4 is 8.60 Å². The van der Waals surface area contributed by atoms with E-state index in [0.717, 1.165) is 0 Å². The molecule has 3 nitrogen and oxygen atoms in total. The molecule has 0 radical (unpaired) electrons. The molecule has 0 atom stereocenters. The van der Waals surface area contributed by atoms with Gasteiger partial charge in [0.25, 0.3) is 0 Å². The third-order valence-electron chi connectivity index (χ3n) is 0.113. The first-order valence-corrected chi connectivity index (χ1v) is 1.95. The van der Waals surface area contributed by atoms with Crippen molar-refractivity contribution in [3.05, 3.63) is 0 Å². The summed E-state index contributed by atoms with van der Waals surface area (Å²) in [6, 6.07) is 0. The second-order valence-corrected chi connectivity index (χ2v) is 1.08. The minimum Gasteiger partial charge on any atom is -0.781 e. The Labute approximate surface area is 51.6 Å². The fourth-order valence-corrected chi connectivity index (χ4v) is 0.0319. The van der Waals surface area contributed by atoms with E-state index in [9.17, 15) is 9.05 Å². The topological polar surface area (TPSA) is 41.5 Å². The zero-order valence-electron chi connectivity index (χ0n) is 3.43. The quantitative estimate of drug-likeness (QED) is 0.299. The van der Waals surface area contributed by atoms with Gasteiger partial charge in [0, 0.05) is 0 Å². The summed E-state index contributed by atoms with van der Waals surface area (Å²) in [6.07, 6.45) is 0. The Morgan fingerprint density at radius 1 is 1.29 bits per heavy atom. The van der Waals surface area contributed by atoms with Gasteiger partial charge >= 0.3 is 18.9 Å². The Kier molecular flexibility index (Phi) is 10.3. The molecule has 0 heterocycles. The maximum Gasteiger partial charge on any atom is 1.00 e. The van der Waals surface area contributed by atoms with Crippen molar-refractivity contribution in [3.63, 3.8) is 0 Å². The number of hydrogen-bond acceptors (Lipinski definition) is 3. The number of hydrogen-bond donors (Lipinski definition) is 0. The van der Waals surface area contributed by atoms with E-state index in [1.165, 1.54) is 0 Å². The van der Waals surface area contributed by atoms with Gasteiger partial charge in [0.15, 0.2) is 8.60 Å². The van der Waals surface area contributed by atoms with Gasteiger partial charge in [-0.25, -0.2) is 0 Å². The molecule has 7 heteroatoms. The zero-order chi connectivity index (χ0) is 4.99. The molecule has 0 aromatic heterocycles. The van der Waals surface area contributed by atoms with E-state index in [1.54, 1.807) is 0 Å². The van der Waals surface area contributed by atoms with Gasteiger partial charge < -0.3 is 4.89 Å². The van der Waals surface area contributed by atoms with Gasteiger partial charge in [-0.2, -0.15) is 9.46 Å². The van der Waals surface area contributed by atoms with Gasteiger partial charge in [-0.3, -0.25) is 0 Å². The van der Waals surface area contributed by atoms with Crippen LogP contribution in [0, 0.1) is 0 Å². The number of rotatable bonds is 2. The Balaban J connectivity index is 0.